The van der Waals surface area contributed by atoms with Crippen LogP contribution < -0.4 is 5.73 Å². The molecule has 0 radical (unpaired) electrons. The fraction of sp³-hybridized carbons (Fsp3) is 0.385. The molecule has 0 aliphatic rings. The van der Waals surface area contributed by atoms with Crippen LogP contribution in [0.15, 0.2) is 18.2 Å². The van der Waals surface area contributed by atoms with Gasteiger partial charge in [-0.1, -0.05) is 18.5 Å². The van der Waals surface area contributed by atoms with Crippen LogP contribution in [0.4, 0.5) is 0 Å². The Kier molecular flexibility index (Phi) is 3.22. The highest BCUT2D eigenvalue weighted by molar-refractivity contribution is 6.31. The largest absolute Gasteiger partial charge is 0.358 e. The van der Waals surface area contributed by atoms with Gasteiger partial charge in [-0.3, -0.25) is 0 Å². The number of aromatic amines is 1. The van der Waals surface area contributed by atoms with Gasteiger partial charge in [0.25, 0.3) is 0 Å². The molecule has 0 saturated carbocycles. The summed E-state index contributed by atoms with van der Waals surface area (Å²) in [4.78, 5) is 3.38. The van der Waals surface area contributed by atoms with Crippen molar-refractivity contribution < 1.29 is 0 Å². The number of hydrogen-bond acceptors (Lipinski definition) is 1. The van der Waals surface area contributed by atoms with Crippen LogP contribution in [0.25, 0.3) is 10.9 Å². The molecule has 2 aromatic rings. The van der Waals surface area contributed by atoms with E-state index < -0.39 is 0 Å². The number of aromatic nitrogens is 1. The number of H-pyrrole nitrogens is 1. The third kappa shape index (κ3) is 2.08. The third-order valence-corrected chi connectivity index (χ3v) is 3.27. The van der Waals surface area contributed by atoms with Gasteiger partial charge in [0.15, 0.2) is 0 Å². The van der Waals surface area contributed by atoms with Crippen LogP contribution in [-0.4, -0.2) is 11.5 Å². The van der Waals surface area contributed by atoms with E-state index in [1.807, 2.05) is 18.2 Å². The van der Waals surface area contributed by atoms with Crippen molar-refractivity contribution in [3.8, 4) is 0 Å². The molecule has 1 aromatic heterocycles. The molecule has 16 heavy (non-hydrogen) atoms. The first-order valence-corrected chi connectivity index (χ1v) is 5.96. The van der Waals surface area contributed by atoms with Crippen molar-refractivity contribution in [1.29, 1.82) is 0 Å². The molecule has 86 valence electrons. The van der Waals surface area contributed by atoms with Crippen molar-refractivity contribution >= 4 is 22.5 Å². The molecule has 0 aliphatic heterocycles. The average molecular weight is 237 g/mol. The Morgan fingerprint density at radius 3 is 2.88 bits per heavy atom. The predicted molar refractivity (Wildman–Crippen MR) is 70.0 cm³/mol. The Morgan fingerprint density at radius 1 is 1.44 bits per heavy atom. The predicted octanol–water partition coefficient (Wildman–Crippen LogP) is 3.27. The monoisotopic (exact) mass is 236 g/mol. The molecule has 0 amide bonds. The zero-order valence-electron chi connectivity index (χ0n) is 9.68. The molecule has 0 spiro atoms. The molecule has 0 fully saturated rings. The van der Waals surface area contributed by atoms with Gasteiger partial charge in [-0.15, -0.1) is 0 Å². The van der Waals surface area contributed by atoms with Gasteiger partial charge in [0, 0.05) is 21.6 Å². The molecule has 0 aliphatic carbocycles. The molecule has 1 unspecified atom stereocenters. The number of nitrogens with two attached hydrogens (primary N) is 1. The minimum absolute atomic E-state index is 0.497. The first-order valence-electron chi connectivity index (χ1n) is 5.58. The van der Waals surface area contributed by atoms with E-state index in [2.05, 4.69) is 18.8 Å². The second kappa shape index (κ2) is 4.48. The lowest BCUT2D eigenvalue weighted by molar-refractivity contribution is 0.593. The van der Waals surface area contributed by atoms with Crippen LogP contribution in [0.3, 0.4) is 0 Å². The molecule has 1 atom stereocenters. The van der Waals surface area contributed by atoms with Gasteiger partial charge in [-0.05, 0) is 49.6 Å². The van der Waals surface area contributed by atoms with Crippen LogP contribution in [0, 0.1) is 12.8 Å². The highest BCUT2D eigenvalue weighted by atomic mass is 35.5. The van der Waals surface area contributed by atoms with E-state index in [0.29, 0.717) is 12.5 Å². The molecular weight excluding hydrogens is 220 g/mol. The summed E-state index contributed by atoms with van der Waals surface area (Å²) >= 11 is 6.03. The van der Waals surface area contributed by atoms with Gasteiger partial charge >= 0.3 is 0 Å². The first kappa shape index (κ1) is 11.5. The molecule has 3 heteroatoms. The van der Waals surface area contributed by atoms with Gasteiger partial charge in [0.2, 0.25) is 0 Å². The van der Waals surface area contributed by atoms with Gasteiger partial charge in [0.1, 0.15) is 0 Å². The highest BCUT2D eigenvalue weighted by Crippen LogP contribution is 2.27. The van der Waals surface area contributed by atoms with Crippen LogP contribution >= 0.6 is 11.6 Å². The summed E-state index contributed by atoms with van der Waals surface area (Å²) in [6.07, 6.45) is 1.00. The number of benzene rings is 1. The normalized spacial score (nSPS) is 13.2. The quantitative estimate of drug-likeness (QED) is 0.844. The number of fused-ring (bicyclic) bond motifs is 1. The average Bonchev–Trinajstić information content (AvgIpc) is 2.55. The van der Waals surface area contributed by atoms with E-state index in [-0.39, 0.29) is 0 Å². The molecule has 2 rings (SSSR count). The smallest absolute Gasteiger partial charge is 0.0459 e. The zero-order valence-corrected chi connectivity index (χ0v) is 10.4. The van der Waals surface area contributed by atoms with E-state index in [1.165, 1.54) is 16.6 Å². The van der Waals surface area contributed by atoms with E-state index in [1.54, 1.807) is 0 Å². The lowest BCUT2D eigenvalue weighted by Gasteiger charge is -2.08. The van der Waals surface area contributed by atoms with Crippen LogP contribution in [0.5, 0.6) is 0 Å². The maximum Gasteiger partial charge on any atom is 0.0459 e. The van der Waals surface area contributed by atoms with Gasteiger partial charge < -0.3 is 10.7 Å². The Bertz CT molecular complexity index is 502. The summed E-state index contributed by atoms with van der Waals surface area (Å²) in [5, 5.41) is 2.01. The van der Waals surface area contributed by atoms with Crippen LogP contribution in [-0.2, 0) is 6.42 Å². The summed E-state index contributed by atoms with van der Waals surface area (Å²) in [5.41, 5.74) is 9.39. The van der Waals surface area contributed by atoms with Crippen molar-refractivity contribution in [3.05, 3.63) is 34.5 Å². The second-order valence-electron chi connectivity index (χ2n) is 4.46. The third-order valence-electron chi connectivity index (χ3n) is 3.04. The standard InChI is InChI=1S/C13H17ClN2/c1-8(7-15)5-11-9(2)16-13-4-3-10(14)6-12(11)13/h3-4,6,8,16H,5,7,15H2,1-2H3. The molecule has 3 N–H and O–H groups in total. The molecular formula is C13H17ClN2. The molecule has 1 heterocycles. The Balaban J connectivity index is 2.50. The fourth-order valence-corrected chi connectivity index (χ4v) is 2.22. The number of halogens is 1. The Labute approximate surface area is 101 Å². The lowest BCUT2D eigenvalue weighted by Crippen LogP contribution is -2.13. The number of aryl methyl sites for hydroxylation is 1. The minimum Gasteiger partial charge on any atom is -0.358 e. The summed E-state index contributed by atoms with van der Waals surface area (Å²) in [7, 11) is 0. The Morgan fingerprint density at radius 2 is 2.19 bits per heavy atom. The topological polar surface area (TPSA) is 41.8 Å². The Hall–Kier alpha value is -0.990. The molecule has 1 aromatic carbocycles. The van der Waals surface area contributed by atoms with Gasteiger partial charge in [-0.2, -0.15) is 0 Å². The van der Waals surface area contributed by atoms with Crippen molar-refractivity contribution in [2.75, 3.05) is 6.54 Å². The maximum atomic E-state index is 6.03. The molecule has 0 bridgehead atoms. The fourth-order valence-electron chi connectivity index (χ4n) is 2.05. The van der Waals surface area contributed by atoms with Crippen molar-refractivity contribution in [2.45, 2.75) is 20.3 Å². The summed E-state index contributed by atoms with van der Waals surface area (Å²) in [6.45, 7) is 4.99. The second-order valence-corrected chi connectivity index (χ2v) is 4.90. The first-order chi connectivity index (χ1) is 7.61. The van der Waals surface area contributed by atoms with E-state index in [4.69, 9.17) is 17.3 Å². The van der Waals surface area contributed by atoms with Gasteiger partial charge in [0.05, 0.1) is 0 Å². The highest BCUT2D eigenvalue weighted by Gasteiger charge is 2.11. The lowest BCUT2D eigenvalue weighted by atomic mass is 9.99. The summed E-state index contributed by atoms with van der Waals surface area (Å²) < 4.78 is 0. The summed E-state index contributed by atoms with van der Waals surface area (Å²) in [6, 6.07) is 5.97. The zero-order chi connectivity index (χ0) is 11.7. The van der Waals surface area contributed by atoms with E-state index in [9.17, 15) is 0 Å². The molecule has 2 nitrogen and oxygen atoms in total. The van der Waals surface area contributed by atoms with E-state index >= 15 is 0 Å². The van der Waals surface area contributed by atoms with Gasteiger partial charge in [-0.25, -0.2) is 0 Å². The minimum atomic E-state index is 0.497. The summed E-state index contributed by atoms with van der Waals surface area (Å²) in [5.74, 6) is 0.497. The van der Waals surface area contributed by atoms with E-state index in [0.717, 1.165) is 17.0 Å². The SMILES string of the molecule is Cc1[nH]c2ccc(Cl)cc2c1CC(C)CN. The number of hydrogen-bond donors (Lipinski definition) is 2. The van der Waals surface area contributed by atoms with Crippen molar-refractivity contribution in [1.82, 2.24) is 4.98 Å². The van der Waals surface area contributed by atoms with Crippen LogP contribution in [0.2, 0.25) is 5.02 Å². The van der Waals surface area contributed by atoms with Crippen molar-refractivity contribution in [2.24, 2.45) is 11.7 Å². The van der Waals surface area contributed by atoms with Crippen LogP contribution in [0.1, 0.15) is 18.2 Å². The number of rotatable bonds is 3. The number of nitrogens with one attached hydrogen (secondary N) is 1. The van der Waals surface area contributed by atoms with Crippen molar-refractivity contribution in [3.63, 3.8) is 0 Å². The molecule has 0 saturated heterocycles. The maximum absolute atomic E-state index is 6.03.